The summed E-state index contributed by atoms with van der Waals surface area (Å²) in [7, 11) is 3.75. The normalized spacial score (nSPS) is 10.9. The minimum absolute atomic E-state index is 0.170. The third-order valence-electron chi connectivity index (χ3n) is 2.90. The standard InChI is InChI=1S/C15H18FN3O2/c1-10-6-14(21-18-10)15(20)17-8-11-4-5-13(16)12(7-11)9-19(2)3/h4-7H,8-9H2,1-3H3,(H,17,20). The summed E-state index contributed by atoms with van der Waals surface area (Å²) >= 11 is 0. The van der Waals surface area contributed by atoms with E-state index in [1.165, 1.54) is 6.07 Å². The molecule has 1 amide bonds. The van der Waals surface area contributed by atoms with Gasteiger partial charge < -0.3 is 14.7 Å². The summed E-state index contributed by atoms with van der Waals surface area (Å²) in [5.74, 6) is -0.415. The highest BCUT2D eigenvalue weighted by Crippen LogP contribution is 2.12. The van der Waals surface area contributed by atoms with Crippen LogP contribution >= 0.6 is 0 Å². The van der Waals surface area contributed by atoms with Gasteiger partial charge in [-0.1, -0.05) is 11.2 Å². The Labute approximate surface area is 122 Å². The summed E-state index contributed by atoms with van der Waals surface area (Å²) in [4.78, 5) is 13.7. The molecule has 6 heteroatoms. The van der Waals surface area contributed by atoms with Crippen molar-refractivity contribution in [2.45, 2.75) is 20.0 Å². The Kier molecular flexibility index (Phi) is 4.70. The molecular formula is C15H18FN3O2. The second-order valence-electron chi connectivity index (χ2n) is 5.18. The number of benzene rings is 1. The van der Waals surface area contributed by atoms with Gasteiger partial charge >= 0.3 is 0 Å². The van der Waals surface area contributed by atoms with Crippen LogP contribution in [0.5, 0.6) is 0 Å². The lowest BCUT2D eigenvalue weighted by Gasteiger charge is -2.12. The molecule has 0 aliphatic rings. The summed E-state index contributed by atoms with van der Waals surface area (Å²) in [5, 5.41) is 6.38. The molecule has 1 N–H and O–H groups in total. The van der Waals surface area contributed by atoms with Crippen LogP contribution in [0.2, 0.25) is 0 Å². The van der Waals surface area contributed by atoms with E-state index < -0.39 is 0 Å². The molecule has 0 aliphatic heterocycles. The Morgan fingerprint density at radius 3 is 2.76 bits per heavy atom. The molecule has 0 saturated heterocycles. The van der Waals surface area contributed by atoms with E-state index in [0.717, 1.165) is 5.56 Å². The molecule has 112 valence electrons. The van der Waals surface area contributed by atoms with Crippen molar-refractivity contribution in [3.63, 3.8) is 0 Å². The summed E-state index contributed by atoms with van der Waals surface area (Å²) < 4.78 is 18.5. The maximum Gasteiger partial charge on any atom is 0.290 e. The summed E-state index contributed by atoms with van der Waals surface area (Å²) in [6, 6.07) is 6.39. The SMILES string of the molecule is Cc1cc(C(=O)NCc2ccc(F)c(CN(C)C)c2)on1. The summed E-state index contributed by atoms with van der Waals surface area (Å²) in [5.41, 5.74) is 2.08. The van der Waals surface area contributed by atoms with E-state index in [-0.39, 0.29) is 17.5 Å². The quantitative estimate of drug-likeness (QED) is 0.916. The Morgan fingerprint density at radius 2 is 2.14 bits per heavy atom. The van der Waals surface area contributed by atoms with E-state index >= 15 is 0 Å². The van der Waals surface area contributed by atoms with Crippen LogP contribution in [0, 0.1) is 12.7 Å². The molecule has 21 heavy (non-hydrogen) atoms. The second kappa shape index (κ2) is 6.49. The first kappa shape index (κ1) is 15.2. The Hall–Kier alpha value is -2.21. The fraction of sp³-hybridized carbons (Fsp3) is 0.333. The largest absolute Gasteiger partial charge is 0.351 e. The van der Waals surface area contributed by atoms with Crippen LogP contribution in [-0.4, -0.2) is 30.1 Å². The molecule has 0 aliphatic carbocycles. The van der Waals surface area contributed by atoms with Gasteiger partial charge in [-0.05, 0) is 38.7 Å². The predicted octanol–water partition coefficient (Wildman–Crippen LogP) is 2.11. The highest BCUT2D eigenvalue weighted by atomic mass is 19.1. The molecule has 0 bridgehead atoms. The number of rotatable bonds is 5. The van der Waals surface area contributed by atoms with Crippen LogP contribution in [0.15, 0.2) is 28.8 Å². The highest BCUT2D eigenvalue weighted by molar-refractivity contribution is 5.91. The Balaban J connectivity index is 2.01. The fourth-order valence-electron chi connectivity index (χ4n) is 1.94. The van der Waals surface area contributed by atoms with Crippen molar-refractivity contribution < 1.29 is 13.7 Å². The van der Waals surface area contributed by atoms with E-state index in [0.29, 0.717) is 24.3 Å². The van der Waals surface area contributed by atoms with Gasteiger partial charge in [-0.3, -0.25) is 4.79 Å². The number of aryl methyl sites for hydroxylation is 1. The van der Waals surface area contributed by atoms with E-state index in [9.17, 15) is 9.18 Å². The van der Waals surface area contributed by atoms with Crippen molar-refractivity contribution >= 4 is 5.91 Å². The van der Waals surface area contributed by atoms with Gasteiger partial charge in [-0.15, -0.1) is 0 Å². The van der Waals surface area contributed by atoms with Crippen molar-refractivity contribution in [2.24, 2.45) is 0 Å². The predicted molar refractivity (Wildman–Crippen MR) is 76.2 cm³/mol. The van der Waals surface area contributed by atoms with Crippen LogP contribution in [0.1, 0.15) is 27.4 Å². The fourth-order valence-corrected chi connectivity index (χ4v) is 1.94. The van der Waals surface area contributed by atoms with Crippen molar-refractivity contribution in [3.8, 4) is 0 Å². The van der Waals surface area contributed by atoms with Crippen molar-refractivity contribution in [2.75, 3.05) is 14.1 Å². The summed E-state index contributed by atoms with van der Waals surface area (Å²) in [6.45, 7) is 2.56. The number of hydrogen-bond acceptors (Lipinski definition) is 4. The molecule has 0 spiro atoms. The van der Waals surface area contributed by atoms with Gasteiger partial charge in [0.05, 0.1) is 5.69 Å². The number of aromatic nitrogens is 1. The van der Waals surface area contributed by atoms with Crippen LogP contribution in [0.4, 0.5) is 4.39 Å². The first-order valence-corrected chi connectivity index (χ1v) is 6.59. The van der Waals surface area contributed by atoms with Crippen LogP contribution in [0.25, 0.3) is 0 Å². The number of halogens is 1. The highest BCUT2D eigenvalue weighted by Gasteiger charge is 2.11. The molecule has 1 heterocycles. The maximum absolute atomic E-state index is 13.7. The minimum atomic E-state index is -0.339. The minimum Gasteiger partial charge on any atom is -0.351 e. The molecule has 0 atom stereocenters. The lowest BCUT2D eigenvalue weighted by atomic mass is 10.1. The second-order valence-corrected chi connectivity index (χ2v) is 5.18. The molecular weight excluding hydrogens is 273 g/mol. The Morgan fingerprint density at radius 1 is 1.38 bits per heavy atom. The number of hydrogen-bond donors (Lipinski definition) is 1. The number of nitrogens with one attached hydrogen (secondary N) is 1. The lowest BCUT2D eigenvalue weighted by molar-refractivity contribution is 0.0914. The Bertz CT molecular complexity index is 638. The molecule has 1 aromatic carbocycles. The third-order valence-corrected chi connectivity index (χ3v) is 2.90. The average Bonchev–Trinajstić information content (AvgIpc) is 2.85. The van der Waals surface area contributed by atoms with Gasteiger partial charge in [0, 0.05) is 24.7 Å². The van der Waals surface area contributed by atoms with Crippen LogP contribution in [-0.2, 0) is 13.1 Å². The molecule has 0 unspecified atom stereocenters. The van der Waals surface area contributed by atoms with Gasteiger partial charge in [0.25, 0.3) is 5.91 Å². The van der Waals surface area contributed by atoms with Gasteiger partial charge in [-0.2, -0.15) is 0 Å². The van der Waals surface area contributed by atoms with Gasteiger partial charge in [0.15, 0.2) is 0 Å². The van der Waals surface area contributed by atoms with Crippen molar-refractivity contribution in [3.05, 3.63) is 52.7 Å². The molecule has 5 nitrogen and oxygen atoms in total. The zero-order chi connectivity index (χ0) is 15.4. The number of amides is 1. The summed E-state index contributed by atoms with van der Waals surface area (Å²) in [6.07, 6.45) is 0. The zero-order valence-electron chi connectivity index (χ0n) is 12.3. The molecule has 2 rings (SSSR count). The average molecular weight is 291 g/mol. The monoisotopic (exact) mass is 291 g/mol. The van der Waals surface area contributed by atoms with Gasteiger partial charge in [-0.25, -0.2) is 4.39 Å². The number of carbonyl (C=O) groups excluding carboxylic acids is 1. The van der Waals surface area contributed by atoms with Gasteiger partial charge in [0.1, 0.15) is 5.82 Å². The first-order valence-electron chi connectivity index (χ1n) is 6.59. The van der Waals surface area contributed by atoms with Gasteiger partial charge in [0.2, 0.25) is 5.76 Å². The number of nitrogens with zero attached hydrogens (tertiary/aromatic N) is 2. The lowest BCUT2D eigenvalue weighted by Crippen LogP contribution is -2.22. The number of carbonyl (C=O) groups is 1. The first-order chi connectivity index (χ1) is 9.95. The topological polar surface area (TPSA) is 58.4 Å². The van der Waals surface area contributed by atoms with Crippen LogP contribution < -0.4 is 5.32 Å². The van der Waals surface area contributed by atoms with Crippen molar-refractivity contribution in [1.29, 1.82) is 0 Å². The molecule has 1 aromatic heterocycles. The zero-order valence-corrected chi connectivity index (χ0v) is 12.3. The molecule has 0 saturated carbocycles. The van der Waals surface area contributed by atoms with E-state index in [2.05, 4.69) is 10.5 Å². The maximum atomic E-state index is 13.7. The van der Waals surface area contributed by atoms with E-state index in [4.69, 9.17) is 4.52 Å². The van der Waals surface area contributed by atoms with Crippen molar-refractivity contribution in [1.82, 2.24) is 15.4 Å². The van der Waals surface area contributed by atoms with E-state index in [1.807, 2.05) is 19.0 Å². The smallest absolute Gasteiger partial charge is 0.290 e. The molecule has 0 radical (unpaired) electrons. The molecule has 0 fully saturated rings. The van der Waals surface area contributed by atoms with Crippen LogP contribution in [0.3, 0.4) is 0 Å². The van der Waals surface area contributed by atoms with E-state index in [1.54, 1.807) is 25.1 Å². The molecule has 2 aromatic rings. The third kappa shape index (κ3) is 4.13.